The van der Waals surface area contributed by atoms with Crippen LogP contribution in [0.3, 0.4) is 0 Å². The summed E-state index contributed by atoms with van der Waals surface area (Å²) < 4.78 is 11.0. The first kappa shape index (κ1) is 18.6. The summed E-state index contributed by atoms with van der Waals surface area (Å²) in [7, 11) is 3.89. The topological polar surface area (TPSA) is 71.1 Å². The van der Waals surface area contributed by atoms with Gasteiger partial charge in [-0.05, 0) is 36.4 Å². The molecule has 27 heavy (non-hydrogen) atoms. The minimum Gasteiger partial charge on any atom is -0.486 e. The highest BCUT2D eigenvalue weighted by Gasteiger charge is 2.17. The van der Waals surface area contributed by atoms with Crippen molar-refractivity contribution in [2.75, 3.05) is 49.0 Å². The molecule has 1 aliphatic rings. The lowest BCUT2D eigenvalue weighted by molar-refractivity contribution is -0.120. The number of hydrogen-bond acceptors (Lipinski definition) is 5. The predicted octanol–water partition coefficient (Wildman–Crippen LogP) is 2.52. The first-order chi connectivity index (χ1) is 12.9. The largest absolute Gasteiger partial charge is 0.486 e. The molecule has 1 N–H and O–H groups in total. The van der Waals surface area contributed by atoms with Crippen LogP contribution < -0.4 is 24.6 Å². The molecule has 7 heteroatoms. The summed E-state index contributed by atoms with van der Waals surface area (Å²) in [5.74, 6) is 0.760. The van der Waals surface area contributed by atoms with Gasteiger partial charge in [0.05, 0.1) is 0 Å². The van der Waals surface area contributed by atoms with Gasteiger partial charge >= 0.3 is 0 Å². The highest BCUT2D eigenvalue weighted by Crippen LogP contribution is 2.32. The number of nitrogens with zero attached hydrogens (tertiary/aromatic N) is 2. The molecule has 0 atom stereocenters. The van der Waals surface area contributed by atoms with E-state index < -0.39 is 0 Å². The summed E-state index contributed by atoms with van der Waals surface area (Å²) in [4.78, 5) is 27.9. The smallest absolute Gasteiger partial charge is 0.244 e. The van der Waals surface area contributed by atoms with Crippen LogP contribution in [0.2, 0.25) is 0 Å². The van der Waals surface area contributed by atoms with E-state index in [4.69, 9.17) is 9.47 Å². The SMILES string of the molecule is CC(=O)N(CC(=O)Nc1ccc2c(c1)OCCO2)c1ccc(N(C)C)cc1. The lowest BCUT2D eigenvalue weighted by Gasteiger charge is -2.22. The lowest BCUT2D eigenvalue weighted by Crippen LogP contribution is -2.36. The second kappa shape index (κ2) is 7.99. The average molecular weight is 369 g/mol. The second-order valence-corrected chi connectivity index (χ2v) is 6.42. The Hall–Kier alpha value is -3.22. The van der Waals surface area contributed by atoms with E-state index >= 15 is 0 Å². The van der Waals surface area contributed by atoms with Gasteiger partial charge in [0.25, 0.3) is 0 Å². The first-order valence-electron chi connectivity index (χ1n) is 8.69. The number of amides is 2. The van der Waals surface area contributed by atoms with Crippen LogP contribution in [-0.2, 0) is 9.59 Å². The Morgan fingerprint density at radius 2 is 1.59 bits per heavy atom. The van der Waals surface area contributed by atoms with Crippen molar-refractivity contribution in [3.05, 3.63) is 42.5 Å². The molecule has 2 aromatic rings. The number of fused-ring (bicyclic) bond motifs is 1. The quantitative estimate of drug-likeness (QED) is 0.877. The zero-order valence-electron chi connectivity index (χ0n) is 15.7. The number of ether oxygens (including phenoxy) is 2. The Labute approximate surface area is 158 Å². The van der Waals surface area contributed by atoms with Crippen LogP contribution in [0, 0.1) is 0 Å². The van der Waals surface area contributed by atoms with Gasteiger partial charge in [-0.25, -0.2) is 0 Å². The molecule has 0 bridgehead atoms. The minimum atomic E-state index is -0.293. The Bertz CT molecular complexity index is 834. The molecular weight excluding hydrogens is 346 g/mol. The third kappa shape index (κ3) is 4.49. The van der Waals surface area contributed by atoms with Crippen molar-refractivity contribution in [1.29, 1.82) is 0 Å². The molecule has 0 unspecified atom stereocenters. The summed E-state index contributed by atoms with van der Waals surface area (Å²) in [6, 6.07) is 12.7. The van der Waals surface area contributed by atoms with Gasteiger partial charge in [-0.15, -0.1) is 0 Å². The maximum Gasteiger partial charge on any atom is 0.244 e. The molecule has 2 aromatic carbocycles. The Morgan fingerprint density at radius 1 is 0.963 bits per heavy atom. The van der Waals surface area contributed by atoms with Gasteiger partial charge in [-0.2, -0.15) is 0 Å². The number of benzene rings is 2. The lowest BCUT2D eigenvalue weighted by atomic mass is 10.2. The van der Waals surface area contributed by atoms with Crippen molar-refractivity contribution < 1.29 is 19.1 Å². The molecule has 0 aliphatic carbocycles. The number of rotatable bonds is 5. The van der Waals surface area contributed by atoms with Gasteiger partial charge in [0.2, 0.25) is 11.8 Å². The van der Waals surface area contributed by atoms with Crippen LogP contribution in [0.15, 0.2) is 42.5 Å². The van der Waals surface area contributed by atoms with Crippen LogP contribution in [-0.4, -0.2) is 45.7 Å². The zero-order valence-corrected chi connectivity index (χ0v) is 15.7. The van der Waals surface area contributed by atoms with E-state index in [0.29, 0.717) is 36.1 Å². The van der Waals surface area contributed by atoms with Crippen molar-refractivity contribution >= 4 is 28.9 Å². The molecule has 0 radical (unpaired) electrons. The Kier molecular flexibility index (Phi) is 5.49. The van der Waals surface area contributed by atoms with Gasteiger partial charge in [0.1, 0.15) is 19.8 Å². The summed E-state index contributed by atoms with van der Waals surface area (Å²) in [6.07, 6.45) is 0. The summed E-state index contributed by atoms with van der Waals surface area (Å²) in [5, 5.41) is 2.80. The zero-order chi connectivity index (χ0) is 19.4. The van der Waals surface area contributed by atoms with Gasteiger partial charge in [-0.1, -0.05) is 0 Å². The monoisotopic (exact) mass is 369 g/mol. The molecule has 0 spiro atoms. The fourth-order valence-corrected chi connectivity index (χ4v) is 2.78. The molecule has 1 heterocycles. The molecule has 7 nitrogen and oxygen atoms in total. The summed E-state index contributed by atoms with van der Waals surface area (Å²) in [6.45, 7) is 2.35. The van der Waals surface area contributed by atoms with Crippen molar-refractivity contribution in [2.24, 2.45) is 0 Å². The number of hydrogen-bond donors (Lipinski definition) is 1. The van der Waals surface area contributed by atoms with Crippen molar-refractivity contribution in [3.8, 4) is 11.5 Å². The number of carbonyl (C=O) groups excluding carboxylic acids is 2. The molecule has 1 aliphatic heterocycles. The van der Waals surface area contributed by atoms with Gasteiger partial charge in [0.15, 0.2) is 11.5 Å². The van der Waals surface area contributed by atoms with Crippen molar-refractivity contribution in [2.45, 2.75) is 6.92 Å². The summed E-state index contributed by atoms with van der Waals surface area (Å²) >= 11 is 0. The molecular formula is C20H23N3O4. The van der Waals surface area contributed by atoms with Crippen molar-refractivity contribution in [3.63, 3.8) is 0 Å². The molecule has 0 fully saturated rings. The normalized spacial score (nSPS) is 12.3. The van der Waals surface area contributed by atoms with Crippen LogP contribution in [0.1, 0.15) is 6.92 Å². The average Bonchev–Trinajstić information content (AvgIpc) is 2.66. The van der Waals surface area contributed by atoms with E-state index in [9.17, 15) is 9.59 Å². The molecule has 142 valence electrons. The van der Waals surface area contributed by atoms with E-state index in [1.165, 1.54) is 11.8 Å². The Morgan fingerprint density at radius 3 is 2.22 bits per heavy atom. The van der Waals surface area contributed by atoms with Crippen LogP contribution in [0.25, 0.3) is 0 Å². The minimum absolute atomic E-state index is 0.0783. The molecule has 3 rings (SSSR count). The van der Waals surface area contributed by atoms with Gasteiger partial charge in [-0.3, -0.25) is 9.59 Å². The third-order valence-electron chi connectivity index (χ3n) is 4.19. The molecule has 2 amide bonds. The van der Waals surface area contributed by atoms with Crippen LogP contribution >= 0.6 is 0 Å². The number of nitrogens with one attached hydrogen (secondary N) is 1. The fraction of sp³-hybridized carbons (Fsp3) is 0.300. The maximum absolute atomic E-state index is 12.5. The van der Waals surface area contributed by atoms with Crippen LogP contribution in [0.5, 0.6) is 11.5 Å². The highest BCUT2D eigenvalue weighted by molar-refractivity contribution is 6.02. The van der Waals surface area contributed by atoms with Crippen LogP contribution in [0.4, 0.5) is 17.1 Å². The summed E-state index contributed by atoms with van der Waals surface area (Å²) in [5.41, 5.74) is 2.28. The highest BCUT2D eigenvalue weighted by atomic mass is 16.6. The second-order valence-electron chi connectivity index (χ2n) is 6.42. The van der Waals surface area contributed by atoms with E-state index in [1.807, 2.05) is 43.3 Å². The Balaban J connectivity index is 1.69. The predicted molar refractivity (Wildman–Crippen MR) is 105 cm³/mol. The van der Waals surface area contributed by atoms with E-state index in [-0.39, 0.29) is 18.4 Å². The maximum atomic E-state index is 12.5. The molecule has 0 aromatic heterocycles. The third-order valence-corrected chi connectivity index (χ3v) is 4.19. The van der Waals surface area contributed by atoms with Crippen molar-refractivity contribution in [1.82, 2.24) is 0 Å². The van der Waals surface area contributed by atoms with Gasteiger partial charge < -0.3 is 24.6 Å². The molecule has 0 saturated heterocycles. The van der Waals surface area contributed by atoms with E-state index in [0.717, 1.165) is 5.69 Å². The standard InChI is InChI=1S/C20H23N3O4/c1-14(24)23(17-7-5-16(6-8-17)22(2)3)13-20(25)21-15-4-9-18-19(12-15)27-11-10-26-18/h4-9,12H,10-11,13H2,1-3H3,(H,21,25). The van der Waals surface area contributed by atoms with E-state index in [2.05, 4.69) is 5.32 Å². The molecule has 0 saturated carbocycles. The first-order valence-corrected chi connectivity index (χ1v) is 8.69. The van der Waals surface area contributed by atoms with Gasteiger partial charge in [0, 0.05) is 44.1 Å². The number of anilines is 3. The fourth-order valence-electron chi connectivity index (χ4n) is 2.78. The van der Waals surface area contributed by atoms with E-state index in [1.54, 1.807) is 18.2 Å². The number of carbonyl (C=O) groups is 2.